The third-order valence-electron chi connectivity index (χ3n) is 3.66. The Kier molecular flexibility index (Phi) is 1.16. The molecule has 2 aliphatic rings. The summed E-state index contributed by atoms with van der Waals surface area (Å²) in [5, 5.41) is 0. The molecule has 2 rings (SSSR count). The van der Waals surface area contributed by atoms with Crippen molar-refractivity contribution in [2.24, 2.45) is 16.2 Å². The van der Waals surface area contributed by atoms with Gasteiger partial charge in [-0.05, 0) is 41.9 Å². The molecule has 0 aromatic carbocycles. The van der Waals surface area contributed by atoms with Crippen LogP contribution in [0.3, 0.4) is 0 Å². The van der Waals surface area contributed by atoms with Crippen molar-refractivity contribution in [3.05, 3.63) is 0 Å². The summed E-state index contributed by atoms with van der Waals surface area (Å²) in [7, 11) is 0. The van der Waals surface area contributed by atoms with Crippen LogP contribution in [0, 0.1) is 16.2 Å². The summed E-state index contributed by atoms with van der Waals surface area (Å²) in [5.41, 5.74) is 2.15. The van der Waals surface area contributed by atoms with E-state index in [0.29, 0.717) is 5.41 Å². The maximum absolute atomic E-state index is 2.49. The first-order valence-electron chi connectivity index (χ1n) is 4.87. The minimum absolute atomic E-state index is 0.542. The standard InChI is InChI=1S/C11H20/c1-9(2,3)7-10(4)8-11(10)5-6-11/h5-8H2,1-4H3. The van der Waals surface area contributed by atoms with Gasteiger partial charge in [-0.15, -0.1) is 0 Å². The van der Waals surface area contributed by atoms with Crippen LogP contribution in [0.15, 0.2) is 0 Å². The molecule has 0 aliphatic heterocycles. The van der Waals surface area contributed by atoms with Crippen molar-refractivity contribution < 1.29 is 0 Å². The molecule has 0 heterocycles. The average molecular weight is 152 g/mol. The van der Waals surface area contributed by atoms with Gasteiger partial charge in [0, 0.05) is 0 Å². The highest BCUT2D eigenvalue weighted by Crippen LogP contribution is 2.80. The third-order valence-corrected chi connectivity index (χ3v) is 3.66. The molecule has 0 nitrogen and oxygen atoms in total. The summed E-state index contributed by atoms with van der Waals surface area (Å²) < 4.78 is 0. The first-order chi connectivity index (χ1) is 4.87. The Labute approximate surface area is 70.4 Å². The maximum atomic E-state index is 2.49. The Hall–Kier alpha value is 0. The van der Waals surface area contributed by atoms with E-state index in [0.717, 1.165) is 10.8 Å². The summed E-state index contributed by atoms with van der Waals surface area (Å²) in [6.07, 6.45) is 6.01. The van der Waals surface area contributed by atoms with Crippen molar-refractivity contribution in [1.82, 2.24) is 0 Å². The monoisotopic (exact) mass is 152 g/mol. The molecule has 0 radical (unpaired) electrons. The highest BCUT2D eigenvalue weighted by Gasteiger charge is 2.70. The zero-order valence-electron chi connectivity index (χ0n) is 8.33. The van der Waals surface area contributed by atoms with E-state index in [4.69, 9.17) is 0 Å². The second-order valence-corrected chi connectivity index (χ2v) is 6.26. The zero-order chi connectivity index (χ0) is 8.33. The summed E-state index contributed by atoms with van der Waals surface area (Å²) in [6, 6.07) is 0. The lowest BCUT2D eigenvalue weighted by Gasteiger charge is -2.23. The van der Waals surface area contributed by atoms with Crippen LogP contribution < -0.4 is 0 Å². The lowest BCUT2D eigenvalue weighted by Crippen LogP contribution is -2.13. The fourth-order valence-electron chi connectivity index (χ4n) is 3.05. The maximum Gasteiger partial charge on any atom is -0.0237 e. The molecule has 11 heavy (non-hydrogen) atoms. The van der Waals surface area contributed by atoms with Crippen LogP contribution in [-0.2, 0) is 0 Å². The van der Waals surface area contributed by atoms with Gasteiger partial charge < -0.3 is 0 Å². The second kappa shape index (κ2) is 1.67. The number of hydrogen-bond acceptors (Lipinski definition) is 0. The highest BCUT2D eigenvalue weighted by atomic mass is 14.7. The van der Waals surface area contributed by atoms with Crippen molar-refractivity contribution in [3.8, 4) is 0 Å². The van der Waals surface area contributed by atoms with Crippen LogP contribution in [0.1, 0.15) is 53.4 Å². The fourth-order valence-corrected chi connectivity index (χ4v) is 3.05. The van der Waals surface area contributed by atoms with Crippen molar-refractivity contribution in [3.63, 3.8) is 0 Å². The van der Waals surface area contributed by atoms with Crippen LogP contribution in [0.25, 0.3) is 0 Å². The first kappa shape index (κ1) is 7.64. The lowest BCUT2D eigenvalue weighted by molar-refractivity contribution is 0.272. The van der Waals surface area contributed by atoms with E-state index in [1.165, 1.54) is 25.7 Å². The largest absolute Gasteiger partial charge is 0.0602 e. The molecule has 64 valence electrons. The fraction of sp³-hybridized carbons (Fsp3) is 1.00. The molecular weight excluding hydrogens is 132 g/mol. The predicted molar refractivity (Wildman–Crippen MR) is 48.5 cm³/mol. The Bertz CT molecular complexity index is 181. The predicted octanol–water partition coefficient (Wildman–Crippen LogP) is 3.61. The Balaban J connectivity index is 1.98. The van der Waals surface area contributed by atoms with Gasteiger partial charge in [-0.25, -0.2) is 0 Å². The van der Waals surface area contributed by atoms with E-state index >= 15 is 0 Å². The van der Waals surface area contributed by atoms with E-state index in [1.807, 2.05) is 0 Å². The smallest absolute Gasteiger partial charge is 0.0237 e. The van der Waals surface area contributed by atoms with Crippen molar-refractivity contribution in [2.45, 2.75) is 53.4 Å². The molecule has 0 amide bonds. The SMILES string of the molecule is CC(C)(C)CC1(C)CC12CC2. The van der Waals surface area contributed by atoms with E-state index in [9.17, 15) is 0 Å². The molecule has 2 fully saturated rings. The minimum Gasteiger partial charge on any atom is -0.0602 e. The van der Waals surface area contributed by atoms with Crippen LogP contribution in [0.2, 0.25) is 0 Å². The molecule has 1 unspecified atom stereocenters. The molecular formula is C11H20. The summed E-state index contributed by atoms with van der Waals surface area (Å²) in [4.78, 5) is 0. The number of rotatable bonds is 1. The topological polar surface area (TPSA) is 0 Å². The van der Waals surface area contributed by atoms with E-state index in [-0.39, 0.29) is 0 Å². The van der Waals surface area contributed by atoms with Crippen molar-refractivity contribution in [2.75, 3.05) is 0 Å². The summed E-state index contributed by atoms with van der Waals surface area (Å²) in [6.45, 7) is 9.59. The second-order valence-electron chi connectivity index (χ2n) is 6.26. The number of hydrogen-bond donors (Lipinski definition) is 0. The van der Waals surface area contributed by atoms with Gasteiger partial charge in [0.1, 0.15) is 0 Å². The quantitative estimate of drug-likeness (QED) is 0.538. The molecule has 1 atom stereocenters. The molecule has 2 aliphatic carbocycles. The molecule has 0 saturated heterocycles. The van der Waals surface area contributed by atoms with Gasteiger partial charge in [0.25, 0.3) is 0 Å². The molecule has 0 N–H and O–H groups in total. The molecule has 0 bridgehead atoms. The molecule has 0 aromatic rings. The molecule has 2 saturated carbocycles. The Morgan fingerprint density at radius 1 is 1.18 bits per heavy atom. The first-order valence-corrected chi connectivity index (χ1v) is 4.87. The van der Waals surface area contributed by atoms with Crippen LogP contribution >= 0.6 is 0 Å². The van der Waals surface area contributed by atoms with Crippen LogP contribution in [0.4, 0.5) is 0 Å². The van der Waals surface area contributed by atoms with Gasteiger partial charge in [-0.2, -0.15) is 0 Å². The summed E-state index contributed by atoms with van der Waals surface area (Å²) >= 11 is 0. The van der Waals surface area contributed by atoms with Gasteiger partial charge in [0.15, 0.2) is 0 Å². The van der Waals surface area contributed by atoms with Crippen molar-refractivity contribution in [1.29, 1.82) is 0 Å². The highest BCUT2D eigenvalue weighted by molar-refractivity contribution is 5.20. The van der Waals surface area contributed by atoms with E-state index < -0.39 is 0 Å². The van der Waals surface area contributed by atoms with E-state index in [2.05, 4.69) is 27.7 Å². The van der Waals surface area contributed by atoms with Crippen LogP contribution in [-0.4, -0.2) is 0 Å². The normalized spacial score (nSPS) is 39.3. The molecule has 0 aromatic heterocycles. The Morgan fingerprint density at radius 2 is 1.73 bits per heavy atom. The van der Waals surface area contributed by atoms with Gasteiger partial charge in [-0.1, -0.05) is 27.7 Å². The van der Waals surface area contributed by atoms with Crippen LogP contribution in [0.5, 0.6) is 0 Å². The molecule has 1 spiro atoms. The van der Waals surface area contributed by atoms with Gasteiger partial charge in [0.2, 0.25) is 0 Å². The van der Waals surface area contributed by atoms with Gasteiger partial charge in [-0.3, -0.25) is 0 Å². The minimum atomic E-state index is 0.542. The molecule has 0 heteroatoms. The van der Waals surface area contributed by atoms with Gasteiger partial charge in [0.05, 0.1) is 0 Å². The Morgan fingerprint density at radius 3 is 2.00 bits per heavy atom. The van der Waals surface area contributed by atoms with Gasteiger partial charge >= 0.3 is 0 Å². The zero-order valence-corrected chi connectivity index (χ0v) is 8.33. The summed E-state index contributed by atoms with van der Waals surface area (Å²) in [5.74, 6) is 0. The third kappa shape index (κ3) is 1.11. The van der Waals surface area contributed by atoms with Crippen molar-refractivity contribution >= 4 is 0 Å². The lowest BCUT2D eigenvalue weighted by atomic mass is 9.82. The average Bonchev–Trinajstić information content (AvgIpc) is 2.48. The van der Waals surface area contributed by atoms with E-state index in [1.54, 1.807) is 0 Å².